The molecule has 1 aromatic heterocycles. The van der Waals surface area contributed by atoms with E-state index < -0.39 is 0 Å². The molecule has 2 heterocycles. The van der Waals surface area contributed by atoms with Gasteiger partial charge in [-0.25, -0.2) is 4.79 Å². The minimum absolute atomic E-state index is 0.000611. The van der Waals surface area contributed by atoms with E-state index in [-0.39, 0.29) is 12.1 Å². The average Bonchev–Trinajstić information content (AvgIpc) is 3.42. The Balaban J connectivity index is 1.29. The molecule has 1 saturated heterocycles. The molecule has 1 fully saturated rings. The number of amides is 2. The number of urea groups is 1. The first-order chi connectivity index (χ1) is 15.1. The molecule has 31 heavy (non-hydrogen) atoms. The first kappa shape index (κ1) is 20.7. The van der Waals surface area contributed by atoms with Crippen molar-refractivity contribution in [3.05, 3.63) is 70.5 Å². The van der Waals surface area contributed by atoms with Crippen molar-refractivity contribution in [2.24, 2.45) is 0 Å². The number of nitrogens with zero attached hydrogens (tertiary/aromatic N) is 4. The lowest BCUT2D eigenvalue weighted by Gasteiger charge is -2.13. The molecule has 1 unspecified atom stereocenters. The van der Waals surface area contributed by atoms with Crippen LogP contribution < -0.4 is 10.6 Å². The highest BCUT2D eigenvalue weighted by Gasteiger charge is 2.22. The summed E-state index contributed by atoms with van der Waals surface area (Å²) in [5, 5.41) is 19.3. The van der Waals surface area contributed by atoms with E-state index in [1.165, 1.54) is 0 Å². The van der Waals surface area contributed by atoms with Crippen molar-refractivity contribution in [2.45, 2.75) is 25.4 Å². The Kier molecular flexibility index (Phi) is 6.34. The van der Waals surface area contributed by atoms with Crippen LogP contribution in [0.15, 0.2) is 53.1 Å². The number of aromatic nitrogens is 2. The van der Waals surface area contributed by atoms with Gasteiger partial charge in [0.05, 0.1) is 6.04 Å². The Hall–Kier alpha value is -3.57. The van der Waals surface area contributed by atoms with Crippen LogP contribution in [0.3, 0.4) is 0 Å². The van der Waals surface area contributed by atoms with Crippen LogP contribution in [0.5, 0.6) is 0 Å². The number of hydrogen-bond acceptors (Lipinski definition) is 6. The molecule has 1 aliphatic rings. The number of likely N-dealkylation sites (tertiary alicyclic amines) is 1. The lowest BCUT2D eigenvalue weighted by molar-refractivity contribution is 0.237. The van der Waals surface area contributed by atoms with Crippen LogP contribution in [0, 0.1) is 11.5 Å². The summed E-state index contributed by atoms with van der Waals surface area (Å²) in [5.74, 6) is 1.03. The zero-order valence-electron chi connectivity index (χ0n) is 16.7. The van der Waals surface area contributed by atoms with E-state index in [0.717, 1.165) is 23.1 Å². The summed E-state index contributed by atoms with van der Waals surface area (Å²) < 4.78 is 5.38. The topological polar surface area (TPSA) is 107 Å². The molecular formula is C22H21ClN6O2. The molecule has 8 nitrogen and oxygen atoms in total. The lowest BCUT2D eigenvalue weighted by atomic mass is 10.1. The molecule has 158 valence electrons. The van der Waals surface area contributed by atoms with Gasteiger partial charge in [-0.1, -0.05) is 41.0 Å². The zero-order chi connectivity index (χ0) is 21.6. The minimum atomic E-state index is -0.239. The largest absolute Gasteiger partial charge is 0.334 e. The molecule has 0 saturated carbocycles. The maximum absolute atomic E-state index is 12.1. The van der Waals surface area contributed by atoms with Crippen molar-refractivity contribution < 1.29 is 9.32 Å². The Morgan fingerprint density at radius 2 is 2.10 bits per heavy atom. The third-order valence-corrected chi connectivity index (χ3v) is 5.27. The molecule has 0 radical (unpaired) electrons. The van der Waals surface area contributed by atoms with Crippen LogP contribution >= 0.6 is 11.6 Å². The SMILES string of the molecule is N#CN1CCC(NC(=O)NCc2ccc(-c3nc(Cc4cccc(Cl)c4)no3)cc2)C1. The van der Waals surface area contributed by atoms with Crippen molar-refractivity contribution >= 4 is 17.6 Å². The van der Waals surface area contributed by atoms with Crippen molar-refractivity contribution in [2.75, 3.05) is 13.1 Å². The van der Waals surface area contributed by atoms with Gasteiger partial charge in [0.15, 0.2) is 12.0 Å². The van der Waals surface area contributed by atoms with Gasteiger partial charge in [-0.2, -0.15) is 10.2 Å². The smallest absolute Gasteiger partial charge is 0.315 e. The number of nitrogens with one attached hydrogen (secondary N) is 2. The maximum Gasteiger partial charge on any atom is 0.315 e. The molecule has 2 aromatic carbocycles. The van der Waals surface area contributed by atoms with Crippen LogP contribution in [0.4, 0.5) is 4.79 Å². The Morgan fingerprint density at radius 1 is 1.26 bits per heavy atom. The Labute approximate surface area is 184 Å². The van der Waals surface area contributed by atoms with Gasteiger partial charge in [0.2, 0.25) is 0 Å². The standard InChI is InChI=1S/C22H21ClN6O2/c23-18-3-1-2-16(10-18)11-20-27-21(31-28-20)17-6-4-15(5-7-17)12-25-22(30)26-19-8-9-29(13-19)14-24/h1-7,10,19H,8-9,11-13H2,(H2,25,26,30). The molecule has 0 aliphatic carbocycles. The van der Waals surface area contributed by atoms with Gasteiger partial charge in [0.1, 0.15) is 0 Å². The second-order valence-corrected chi connectivity index (χ2v) is 7.81. The van der Waals surface area contributed by atoms with Gasteiger partial charge in [0, 0.05) is 36.6 Å². The van der Waals surface area contributed by atoms with E-state index in [0.29, 0.717) is 42.8 Å². The summed E-state index contributed by atoms with van der Waals surface area (Å²) in [5.41, 5.74) is 2.76. The summed E-state index contributed by atoms with van der Waals surface area (Å²) in [7, 11) is 0. The van der Waals surface area contributed by atoms with Crippen LogP contribution in [-0.2, 0) is 13.0 Å². The predicted molar refractivity (Wildman–Crippen MR) is 115 cm³/mol. The van der Waals surface area contributed by atoms with E-state index in [1.54, 1.807) is 4.90 Å². The number of halogens is 1. The number of carbonyl (C=O) groups excluding carboxylic acids is 1. The van der Waals surface area contributed by atoms with Crippen molar-refractivity contribution in [3.8, 4) is 17.6 Å². The third kappa shape index (κ3) is 5.53. The molecule has 0 bridgehead atoms. The van der Waals surface area contributed by atoms with Gasteiger partial charge >= 0.3 is 6.03 Å². The van der Waals surface area contributed by atoms with Gasteiger partial charge in [-0.05, 0) is 41.8 Å². The average molecular weight is 437 g/mol. The highest BCUT2D eigenvalue weighted by atomic mass is 35.5. The first-order valence-corrected chi connectivity index (χ1v) is 10.3. The summed E-state index contributed by atoms with van der Waals surface area (Å²) in [6, 6.07) is 14.9. The highest BCUT2D eigenvalue weighted by Crippen LogP contribution is 2.20. The lowest BCUT2D eigenvalue weighted by Crippen LogP contribution is -2.42. The molecule has 3 aromatic rings. The van der Waals surface area contributed by atoms with Crippen LogP contribution in [0.25, 0.3) is 11.5 Å². The fourth-order valence-corrected chi connectivity index (χ4v) is 3.64. The van der Waals surface area contributed by atoms with Crippen LogP contribution in [0.1, 0.15) is 23.4 Å². The normalized spacial score (nSPS) is 15.5. The molecule has 1 aliphatic heterocycles. The van der Waals surface area contributed by atoms with Crippen LogP contribution in [-0.4, -0.2) is 40.2 Å². The van der Waals surface area contributed by atoms with Gasteiger partial charge < -0.3 is 20.1 Å². The molecular weight excluding hydrogens is 416 g/mol. The minimum Gasteiger partial charge on any atom is -0.334 e. The maximum atomic E-state index is 12.1. The molecule has 0 spiro atoms. The van der Waals surface area contributed by atoms with Gasteiger partial charge in [0.25, 0.3) is 5.89 Å². The number of rotatable bonds is 6. The summed E-state index contributed by atoms with van der Waals surface area (Å²) >= 11 is 6.02. The van der Waals surface area contributed by atoms with E-state index in [2.05, 4.69) is 27.0 Å². The summed E-state index contributed by atoms with van der Waals surface area (Å²) in [6.45, 7) is 1.63. The molecule has 4 rings (SSSR count). The molecule has 2 N–H and O–H groups in total. The summed E-state index contributed by atoms with van der Waals surface area (Å²) in [6.07, 6.45) is 3.41. The Morgan fingerprint density at radius 3 is 2.84 bits per heavy atom. The fourth-order valence-electron chi connectivity index (χ4n) is 3.43. The summed E-state index contributed by atoms with van der Waals surface area (Å²) in [4.78, 5) is 18.2. The number of benzene rings is 2. The second-order valence-electron chi connectivity index (χ2n) is 7.38. The van der Waals surface area contributed by atoms with Crippen molar-refractivity contribution in [1.82, 2.24) is 25.7 Å². The van der Waals surface area contributed by atoms with E-state index >= 15 is 0 Å². The zero-order valence-corrected chi connectivity index (χ0v) is 17.5. The van der Waals surface area contributed by atoms with E-state index in [1.807, 2.05) is 48.5 Å². The monoisotopic (exact) mass is 436 g/mol. The Bertz CT molecular complexity index is 1090. The van der Waals surface area contributed by atoms with Crippen LogP contribution in [0.2, 0.25) is 5.02 Å². The molecule has 9 heteroatoms. The molecule has 1 atom stereocenters. The van der Waals surface area contributed by atoms with Gasteiger partial charge in [-0.15, -0.1) is 0 Å². The number of carbonyl (C=O) groups is 1. The fraction of sp³-hybridized carbons (Fsp3) is 0.273. The number of hydrogen-bond donors (Lipinski definition) is 2. The van der Waals surface area contributed by atoms with E-state index in [4.69, 9.17) is 21.4 Å². The third-order valence-electron chi connectivity index (χ3n) is 5.04. The predicted octanol–water partition coefficient (Wildman–Crippen LogP) is 3.34. The highest BCUT2D eigenvalue weighted by molar-refractivity contribution is 6.30. The quantitative estimate of drug-likeness (QED) is 0.574. The molecule has 2 amide bonds. The first-order valence-electron chi connectivity index (χ1n) is 9.94. The van der Waals surface area contributed by atoms with Gasteiger partial charge in [-0.3, -0.25) is 0 Å². The van der Waals surface area contributed by atoms with Crippen molar-refractivity contribution in [3.63, 3.8) is 0 Å². The van der Waals surface area contributed by atoms with Crippen molar-refractivity contribution in [1.29, 1.82) is 5.26 Å². The second kappa shape index (κ2) is 9.49. The van der Waals surface area contributed by atoms with E-state index in [9.17, 15) is 4.79 Å². The number of nitriles is 1.